The first-order chi connectivity index (χ1) is 10.0. The minimum Gasteiger partial charge on any atom is -0.376 e. The first-order valence-corrected chi connectivity index (χ1v) is 8.07. The molecule has 0 atom stereocenters. The molecule has 0 spiro atoms. The smallest absolute Gasteiger partial charge is 0.376 e. The third-order valence-electron chi connectivity index (χ3n) is 3.20. The molecule has 112 valence electrons. The number of hydrogen-bond acceptors (Lipinski definition) is 4. The normalized spacial score (nSPS) is 15.2. The average Bonchev–Trinajstić information content (AvgIpc) is 2.53. The van der Waals surface area contributed by atoms with Gasteiger partial charge < -0.3 is 10.2 Å². The molecule has 1 N–H and O–H groups in total. The van der Waals surface area contributed by atoms with E-state index in [0.29, 0.717) is 6.54 Å². The van der Waals surface area contributed by atoms with E-state index in [-0.39, 0.29) is 25.5 Å². The van der Waals surface area contributed by atoms with Gasteiger partial charge in [0.05, 0.1) is 25.0 Å². The number of rotatable bonds is 5. The molecule has 0 bridgehead atoms. The summed E-state index contributed by atoms with van der Waals surface area (Å²) in [7, 11) is -3.44. The highest BCUT2D eigenvalue weighted by Gasteiger charge is 2.27. The Hall–Kier alpha value is -2.15. The molecular weight excluding hydrogens is 290 g/mol. The number of nitrogens with one attached hydrogen (secondary N) is 1. The number of anilines is 1. The van der Waals surface area contributed by atoms with Crippen molar-refractivity contribution in [1.82, 2.24) is 4.90 Å². The molecule has 7 heteroatoms. The lowest BCUT2D eigenvalue weighted by Crippen LogP contribution is -2.46. The van der Waals surface area contributed by atoms with Gasteiger partial charge in [0.15, 0.2) is 12.8 Å². The van der Waals surface area contributed by atoms with Crippen LogP contribution in [0.5, 0.6) is 0 Å². The molecule has 0 aliphatic carbocycles. The Morgan fingerprint density at radius 2 is 2.10 bits per heavy atom. The SMILES string of the molecule is C=CS(=O)(=O)[N+]1=CCN(C(=O)CNc2ccccc2)CC1. The lowest BCUT2D eigenvalue weighted by molar-refractivity contribution is -0.367. The van der Waals surface area contributed by atoms with Crippen molar-refractivity contribution in [3.63, 3.8) is 0 Å². The van der Waals surface area contributed by atoms with Gasteiger partial charge in [0.2, 0.25) is 5.91 Å². The summed E-state index contributed by atoms with van der Waals surface area (Å²) in [5.41, 5.74) is 0.878. The summed E-state index contributed by atoms with van der Waals surface area (Å²) in [6.45, 7) is 4.38. The minimum absolute atomic E-state index is 0.0641. The van der Waals surface area contributed by atoms with Gasteiger partial charge in [-0.1, -0.05) is 24.8 Å². The van der Waals surface area contributed by atoms with Crippen molar-refractivity contribution in [1.29, 1.82) is 0 Å². The summed E-state index contributed by atoms with van der Waals surface area (Å²) in [4.78, 5) is 13.7. The van der Waals surface area contributed by atoms with Crippen molar-refractivity contribution >= 4 is 27.8 Å². The van der Waals surface area contributed by atoms with Gasteiger partial charge in [0, 0.05) is 5.69 Å². The van der Waals surface area contributed by atoms with E-state index < -0.39 is 10.0 Å². The molecule has 1 amide bonds. The zero-order valence-electron chi connectivity index (χ0n) is 11.6. The molecule has 6 nitrogen and oxygen atoms in total. The Balaban J connectivity index is 1.90. The van der Waals surface area contributed by atoms with E-state index in [2.05, 4.69) is 11.9 Å². The predicted octanol–water partition coefficient (Wildman–Crippen LogP) is 0.497. The lowest BCUT2D eigenvalue weighted by atomic mass is 10.3. The number of amides is 1. The summed E-state index contributed by atoms with van der Waals surface area (Å²) < 4.78 is 24.4. The van der Waals surface area contributed by atoms with Gasteiger partial charge in [-0.25, -0.2) is 0 Å². The Morgan fingerprint density at radius 1 is 1.38 bits per heavy atom. The van der Waals surface area contributed by atoms with Crippen LogP contribution in [-0.4, -0.2) is 55.6 Å². The second-order valence-corrected chi connectivity index (χ2v) is 6.40. The maximum absolute atomic E-state index is 12.1. The summed E-state index contributed by atoms with van der Waals surface area (Å²) in [5, 5.41) is 3.96. The van der Waals surface area contributed by atoms with Crippen LogP contribution < -0.4 is 5.32 Å². The molecule has 0 saturated heterocycles. The molecule has 0 saturated carbocycles. The third-order valence-corrected chi connectivity index (χ3v) is 4.61. The van der Waals surface area contributed by atoms with E-state index in [0.717, 1.165) is 11.1 Å². The van der Waals surface area contributed by atoms with Crippen molar-refractivity contribution in [3.8, 4) is 0 Å². The number of nitrogens with zero attached hydrogens (tertiary/aromatic N) is 2. The Bertz CT molecular complexity index is 653. The Morgan fingerprint density at radius 3 is 2.67 bits per heavy atom. The predicted molar refractivity (Wildman–Crippen MR) is 81.8 cm³/mol. The van der Waals surface area contributed by atoms with Crippen molar-refractivity contribution in [2.75, 3.05) is 31.5 Å². The largest absolute Gasteiger partial charge is 0.387 e. The van der Waals surface area contributed by atoms with Crippen LogP contribution >= 0.6 is 0 Å². The molecule has 2 rings (SSSR count). The van der Waals surface area contributed by atoms with E-state index in [4.69, 9.17) is 0 Å². The minimum atomic E-state index is -3.44. The fraction of sp³-hybridized carbons (Fsp3) is 0.286. The van der Waals surface area contributed by atoms with E-state index in [9.17, 15) is 13.2 Å². The fourth-order valence-corrected chi connectivity index (χ4v) is 2.79. The molecule has 1 aromatic rings. The van der Waals surface area contributed by atoms with Crippen LogP contribution in [-0.2, 0) is 14.8 Å². The van der Waals surface area contributed by atoms with Gasteiger partial charge >= 0.3 is 10.0 Å². The second-order valence-electron chi connectivity index (χ2n) is 4.56. The molecule has 1 aliphatic rings. The molecule has 0 unspecified atom stereocenters. The number of carbonyl (C=O) groups is 1. The van der Waals surface area contributed by atoms with Crippen LogP contribution in [0.15, 0.2) is 42.3 Å². The first-order valence-electron chi connectivity index (χ1n) is 6.57. The van der Waals surface area contributed by atoms with Gasteiger partial charge in [0.1, 0.15) is 0 Å². The van der Waals surface area contributed by atoms with E-state index >= 15 is 0 Å². The van der Waals surface area contributed by atoms with Crippen LogP contribution in [0.4, 0.5) is 5.69 Å². The summed E-state index contributed by atoms with van der Waals surface area (Å²) in [5.74, 6) is -0.0641. The van der Waals surface area contributed by atoms with Crippen molar-refractivity contribution in [3.05, 3.63) is 42.3 Å². The van der Waals surface area contributed by atoms with Gasteiger partial charge in [0.25, 0.3) is 0 Å². The molecule has 0 fully saturated rings. The van der Waals surface area contributed by atoms with Crippen LogP contribution in [0.2, 0.25) is 0 Å². The van der Waals surface area contributed by atoms with Crippen molar-refractivity contribution in [2.45, 2.75) is 0 Å². The lowest BCUT2D eigenvalue weighted by Gasteiger charge is -2.22. The molecule has 21 heavy (non-hydrogen) atoms. The highest BCUT2D eigenvalue weighted by molar-refractivity contribution is 7.88. The molecular formula is C14H18N3O3S+. The second kappa shape index (κ2) is 6.53. The van der Waals surface area contributed by atoms with Crippen LogP contribution in [0.1, 0.15) is 0 Å². The van der Waals surface area contributed by atoms with E-state index in [1.54, 1.807) is 4.90 Å². The van der Waals surface area contributed by atoms with Gasteiger partial charge in [-0.2, -0.15) is 8.42 Å². The summed E-state index contributed by atoms with van der Waals surface area (Å²) in [6, 6.07) is 9.45. The Kier molecular flexibility index (Phi) is 4.74. The highest BCUT2D eigenvalue weighted by Crippen LogP contribution is 2.05. The molecule has 1 heterocycles. The van der Waals surface area contributed by atoms with Gasteiger partial charge in [-0.3, -0.25) is 4.79 Å². The maximum atomic E-state index is 12.1. The first kappa shape index (κ1) is 15.2. The standard InChI is InChI=1S/C14H18N3O3S/c1-2-21(19,20)17-10-8-16(9-11-17)14(18)12-15-13-6-4-3-5-7-13/h2-7,10,15H,1,8-9,11-12H2/q+1. The van der Waals surface area contributed by atoms with E-state index in [1.165, 1.54) is 10.2 Å². The number of sulfonamides is 1. The number of para-hydroxylation sites is 1. The van der Waals surface area contributed by atoms with Crippen LogP contribution in [0.3, 0.4) is 0 Å². The monoisotopic (exact) mass is 308 g/mol. The van der Waals surface area contributed by atoms with Crippen LogP contribution in [0, 0.1) is 0 Å². The summed E-state index contributed by atoms with van der Waals surface area (Å²) >= 11 is 0. The maximum Gasteiger partial charge on any atom is 0.387 e. The molecule has 0 radical (unpaired) electrons. The third kappa shape index (κ3) is 3.91. The number of benzene rings is 1. The van der Waals surface area contributed by atoms with Crippen molar-refractivity contribution in [2.24, 2.45) is 0 Å². The van der Waals surface area contributed by atoms with E-state index in [1.807, 2.05) is 30.3 Å². The van der Waals surface area contributed by atoms with Crippen molar-refractivity contribution < 1.29 is 17.2 Å². The molecule has 1 aromatic carbocycles. The van der Waals surface area contributed by atoms with Crippen LogP contribution in [0.25, 0.3) is 0 Å². The zero-order chi connectivity index (χ0) is 15.3. The Labute approximate surface area is 124 Å². The quantitative estimate of drug-likeness (QED) is 0.804. The topological polar surface area (TPSA) is 69.5 Å². The fourth-order valence-electron chi connectivity index (χ4n) is 1.99. The molecule has 1 aliphatic heterocycles. The average molecular weight is 308 g/mol. The number of carbonyl (C=O) groups excluding carboxylic acids is 1. The number of hydrogen-bond donors (Lipinski definition) is 1. The summed E-state index contributed by atoms with van der Waals surface area (Å²) in [6.07, 6.45) is 1.50. The highest BCUT2D eigenvalue weighted by atomic mass is 32.2. The molecule has 0 aromatic heterocycles. The van der Waals surface area contributed by atoms with Gasteiger partial charge in [-0.05, 0) is 12.1 Å². The van der Waals surface area contributed by atoms with Gasteiger partial charge in [-0.15, -0.1) is 3.98 Å². The zero-order valence-corrected chi connectivity index (χ0v) is 12.4.